The van der Waals surface area contributed by atoms with Crippen molar-refractivity contribution in [1.82, 2.24) is 5.32 Å². The van der Waals surface area contributed by atoms with E-state index in [1.54, 1.807) is 0 Å². The molecule has 2 atom stereocenters. The zero-order valence-corrected chi connectivity index (χ0v) is 6.99. The highest BCUT2D eigenvalue weighted by Gasteiger charge is 2.23. The van der Waals surface area contributed by atoms with Crippen molar-refractivity contribution in [3.05, 3.63) is 0 Å². The number of nitrogens with one attached hydrogen (secondary N) is 1. The summed E-state index contributed by atoms with van der Waals surface area (Å²) in [6.07, 6.45) is 1.42. The van der Waals surface area contributed by atoms with Gasteiger partial charge in [0, 0.05) is 12.5 Å². The Bertz CT molecular complexity index is 160. The molecule has 1 heterocycles. The zero-order valence-electron chi connectivity index (χ0n) is 6.99. The average molecular weight is 173 g/mol. The van der Waals surface area contributed by atoms with Crippen molar-refractivity contribution in [2.75, 3.05) is 13.2 Å². The number of carbonyl (C=O) groups is 1. The maximum absolute atomic E-state index is 11.1. The van der Waals surface area contributed by atoms with Gasteiger partial charge in [0.1, 0.15) is 0 Å². The van der Waals surface area contributed by atoms with Crippen molar-refractivity contribution in [3.63, 3.8) is 0 Å². The van der Waals surface area contributed by atoms with E-state index in [4.69, 9.17) is 10.2 Å². The molecular weight excluding hydrogens is 158 g/mol. The summed E-state index contributed by atoms with van der Waals surface area (Å²) in [5, 5.41) is 20.4. The van der Waals surface area contributed by atoms with E-state index in [1.807, 2.05) is 0 Å². The van der Waals surface area contributed by atoms with Crippen LogP contribution in [-0.4, -0.2) is 35.4 Å². The summed E-state index contributed by atoms with van der Waals surface area (Å²) >= 11 is 0. The van der Waals surface area contributed by atoms with Crippen LogP contribution < -0.4 is 5.32 Å². The Balaban J connectivity index is 2.34. The van der Waals surface area contributed by atoms with Gasteiger partial charge in [-0.05, 0) is 19.3 Å². The van der Waals surface area contributed by atoms with Gasteiger partial charge in [-0.25, -0.2) is 0 Å². The lowest BCUT2D eigenvalue weighted by atomic mass is 9.93. The Morgan fingerprint density at radius 1 is 1.67 bits per heavy atom. The first kappa shape index (κ1) is 9.48. The molecule has 1 aliphatic rings. The maximum atomic E-state index is 11.1. The van der Waals surface area contributed by atoms with Gasteiger partial charge in [-0.15, -0.1) is 0 Å². The fourth-order valence-electron chi connectivity index (χ4n) is 1.46. The van der Waals surface area contributed by atoms with E-state index in [-0.39, 0.29) is 18.4 Å². The summed E-state index contributed by atoms with van der Waals surface area (Å²) < 4.78 is 0. The van der Waals surface area contributed by atoms with E-state index in [9.17, 15) is 4.79 Å². The molecule has 0 aromatic heterocycles. The Hall–Kier alpha value is -0.610. The standard InChI is InChI=1S/C8H15NO3/c10-5-7(11)4-6-2-1-3-9-8(6)12/h6-7,10-11H,1-5H2,(H,9,12). The van der Waals surface area contributed by atoms with Crippen LogP contribution in [0.4, 0.5) is 0 Å². The van der Waals surface area contributed by atoms with Crippen LogP contribution in [0.5, 0.6) is 0 Å². The van der Waals surface area contributed by atoms with Gasteiger partial charge < -0.3 is 15.5 Å². The molecule has 1 saturated heterocycles. The molecule has 0 spiro atoms. The first-order valence-corrected chi connectivity index (χ1v) is 4.30. The Morgan fingerprint density at radius 3 is 3.00 bits per heavy atom. The summed E-state index contributed by atoms with van der Waals surface area (Å²) in [4.78, 5) is 11.1. The summed E-state index contributed by atoms with van der Waals surface area (Å²) in [7, 11) is 0. The second kappa shape index (κ2) is 4.42. The molecule has 3 N–H and O–H groups in total. The number of hydrogen-bond acceptors (Lipinski definition) is 3. The maximum Gasteiger partial charge on any atom is 0.223 e. The summed E-state index contributed by atoms with van der Waals surface area (Å²) in [6.45, 7) is 0.480. The number of hydrogen-bond donors (Lipinski definition) is 3. The van der Waals surface area contributed by atoms with Gasteiger partial charge in [0.2, 0.25) is 5.91 Å². The molecule has 1 amide bonds. The summed E-state index contributed by atoms with van der Waals surface area (Å²) in [6, 6.07) is 0. The van der Waals surface area contributed by atoms with Gasteiger partial charge in [0.15, 0.2) is 0 Å². The van der Waals surface area contributed by atoms with Gasteiger partial charge in [-0.3, -0.25) is 4.79 Å². The number of piperidine rings is 1. The van der Waals surface area contributed by atoms with E-state index < -0.39 is 6.10 Å². The zero-order chi connectivity index (χ0) is 8.97. The van der Waals surface area contributed by atoms with Crippen LogP contribution in [0.25, 0.3) is 0 Å². The van der Waals surface area contributed by atoms with Crippen molar-refractivity contribution in [2.24, 2.45) is 5.92 Å². The minimum absolute atomic E-state index is 0.00810. The molecule has 0 bridgehead atoms. The number of aliphatic hydroxyl groups excluding tert-OH is 2. The Kier molecular flexibility index (Phi) is 3.49. The lowest BCUT2D eigenvalue weighted by molar-refractivity contribution is -0.127. The third-order valence-electron chi connectivity index (χ3n) is 2.17. The topological polar surface area (TPSA) is 69.6 Å². The highest BCUT2D eigenvalue weighted by atomic mass is 16.3. The lowest BCUT2D eigenvalue weighted by Crippen LogP contribution is -2.38. The van der Waals surface area contributed by atoms with Crippen LogP contribution in [-0.2, 0) is 4.79 Å². The molecule has 2 unspecified atom stereocenters. The van der Waals surface area contributed by atoms with Gasteiger partial charge in [0.25, 0.3) is 0 Å². The highest BCUT2D eigenvalue weighted by Crippen LogP contribution is 2.16. The summed E-state index contributed by atoms with van der Waals surface area (Å²) in [5.41, 5.74) is 0. The molecule has 1 rings (SSSR count). The van der Waals surface area contributed by atoms with Gasteiger partial charge in [-0.1, -0.05) is 0 Å². The number of aliphatic hydroxyl groups is 2. The first-order valence-electron chi connectivity index (χ1n) is 4.30. The quantitative estimate of drug-likeness (QED) is 0.526. The Morgan fingerprint density at radius 2 is 2.42 bits per heavy atom. The fourth-order valence-corrected chi connectivity index (χ4v) is 1.46. The molecule has 1 fully saturated rings. The van der Waals surface area contributed by atoms with Crippen molar-refractivity contribution in [3.8, 4) is 0 Å². The second-order valence-electron chi connectivity index (χ2n) is 3.20. The SMILES string of the molecule is O=C1NCCCC1CC(O)CO. The monoisotopic (exact) mass is 173 g/mol. The molecule has 0 saturated carbocycles. The van der Waals surface area contributed by atoms with E-state index >= 15 is 0 Å². The van der Waals surface area contributed by atoms with Crippen LogP contribution in [0.2, 0.25) is 0 Å². The Labute approximate surface area is 71.6 Å². The lowest BCUT2D eigenvalue weighted by Gasteiger charge is -2.23. The predicted molar refractivity (Wildman–Crippen MR) is 43.4 cm³/mol. The molecule has 0 aromatic rings. The highest BCUT2D eigenvalue weighted by molar-refractivity contribution is 5.79. The molecule has 0 aliphatic carbocycles. The second-order valence-corrected chi connectivity index (χ2v) is 3.20. The minimum Gasteiger partial charge on any atom is -0.394 e. The normalized spacial score (nSPS) is 26.5. The molecule has 70 valence electrons. The third kappa shape index (κ3) is 2.46. The fraction of sp³-hybridized carbons (Fsp3) is 0.875. The van der Waals surface area contributed by atoms with Crippen LogP contribution in [0.3, 0.4) is 0 Å². The van der Waals surface area contributed by atoms with E-state index in [0.717, 1.165) is 19.4 Å². The minimum atomic E-state index is -0.751. The number of amides is 1. The van der Waals surface area contributed by atoms with E-state index in [1.165, 1.54) is 0 Å². The number of carbonyl (C=O) groups excluding carboxylic acids is 1. The number of rotatable bonds is 3. The van der Waals surface area contributed by atoms with Crippen LogP contribution in [0.15, 0.2) is 0 Å². The molecule has 4 nitrogen and oxygen atoms in total. The van der Waals surface area contributed by atoms with Crippen molar-refractivity contribution in [2.45, 2.75) is 25.4 Å². The molecular formula is C8H15NO3. The van der Waals surface area contributed by atoms with Crippen LogP contribution in [0, 0.1) is 5.92 Å². The van der Waals surface area contributed by atoms with Crippen molar-refractivity contribution < 1.29 is 15.0 Å². The van der Waals surface area contributed by atoms with Gasteiger partial charge in [0.05, 0.1) is 12.7 Å². The molecule has 1 aliphatic heterocycles. The van der Waals surface area contributed by atoms with Gasteiger partial charge in [-0.2, -0.15) is 0 Å². The van der Waals surface area contributed by atoms with Crippen molar-refractivity contribution >= 4 is 5.91 Å². The predicted octanol–water partition coefficient (Wildman–Crippen LogP) is -0.744. The van der Waals surface area contributed by atoms with Crippen molar-refractivity contribution in [1.29, 1.82) is 0 Å². The van der Waals surface area contributed by atoms with E-state index in [2.05, 4.69) is 5.32 Å². The van der Waals surface area contributed by atoms with E-state index in [0.29, 0.717) is 6.42 Å². The molecule has 0 radical (unpaired) electrons. The average Bonchev–Trinajstić information content (AvgIpc) is 2.09. The molecule has 12 heavy (non-hydrogen) atoms. The molecule has 0 aromatic carbocycles. The van der Waals surface area contributed by atoms with Gasteiger partial charge >= 0.3 is 0 Å². The smallest absolute Gasteiger partial charge is 0.223 e. The molecule has 4 heteroatoms. The van der Waals surface area contributed by atoms with Crippen LogP contribution in [0.1, 0.15) is 19.3 Å². The van der Waals surface area contributed by atoms with Crippen LogP contribution >= 0.6 is 0 Å². The largest absolute Gasteiger partial charge is 0.394 e. The third-order valence-corrected chi connectivity index (χ3v) is 2.17. The first-order chi connectivity index (χ1) is 5.74. The summed E-state index contributed by atoms with van der Waals surface area (Å²) in [5.74, 6) is -0.102.